The lowest BCUT2D eigenvalue weighted by Crippen LogP contribution is -2.51. The fourth-order valence-corrected chi connectivity index (χ4v) is 3.97. The van der Waals surface area contributed by atoms with Crippen LogP contribution in [0.3, 0.4) is 0 Å². The molecular weight excluding hydrogens is 384 g/mol. The molecule has 2 fully saturated rings. The van der Waals surface area contributed by atoms with E-state index in [0.717, 1.165) is 17.7 Å². The van der Waals surface area contributed by atoms with Gasteiger partial charge in [0.1, 0.15) is 11.6 Å². The quantitative estimate of drug-likeness (QED) is 0.730. The Hall–Kier alpha value is -2.61. The molecule has 1 unspecified atom stereocenters. The average Bonchev–Trinajstić information content (AvgIpc) is 3.21. The zero-order valence-electron chi connectivity index (χ0n) is 15.8. The second-order valence-electron chi connectivity index (χ2n) is 7.29. The molecule has 28 heavy (non-hydrogen) atoms. The number of carbonyl (C=O) groups is 4. The van der Waals surface area contributed by atoms with Crippen molar-refractivity contribution < 1.29 is 19.2 Å². The number of nitrogens with one attached hydrogen (secondary N) is 2. The van der Waals surface area contributed by atoms with E-state index in [2.05, 4.69) is 10.6 Å². The highest BCUT2D eigenvalue weighted by molar-refractivity contribution is 6.33. The Morgan fingerprint density at radius 2 is 1.93 bits per heavy atom. The first kappa shape index (κ1) is 20.1. The lowest BCUT2D eigenvalue weighted by molar-refractivity contribution is -0.142. The van der Waals surface area contributed by atoms with Crippen LogP contribution >= 0.6 is 11.6 Å². The van der Waals surface area contributed by atoms with Crippen molar-refractivity contribution >= 4 is 41.0 Å². The van der Waals surface area contributed by atoms with Gasteiger partial charge in [0.2, 0.25) is 11.8 Å². The van der Waals surface area contributed by atoms with Crippen LogP contribution in [0.2, 0.25) is 5.02 Å². The second-order valence-corrected chi connectivity index (χ2v) is 7.70. The number of carbonyl (C=O) groups excluding carboxylic acids is 4. The molecule has 5 amide bonds. The van der Waals surface area contributed by atoms with Gasteiger partial charge in [-0.2, -0.15) is 0 Å². The maximum atomic E-state index is 12.8. The van der Waals surface area contributed by atoms with Crippen molar-refractivity contribution in [1.29, 1.82) is 0 Å². The van der Waals surface area contributed by atoms with Crippen molar-refractivity contribution in [1.82, 2.24) is 15.1 Å². The number of hydrogen-bond donors (Lipinski definition) is 2. The molecule has 0 bridgehead atoms. The van der Waals surface area contributed by atoms with Gasteiger partial charge in [-0.3, -0.25) is 14.4 Å². The van der Waals surface area contributed by atoms with Crippen LogP contribution in [0.4, 0.5) is 10.5 Å². The highest BCUT2D eigenvalue weighted by atomic mass is 35.5. The SMILES string of the molecule is CC(C(=O)N(C)CC(=O)Nc1ccccc1Cl)N1C(=O)NC2(CCCC2)C1=O. The molecular formula is C19H23ClN4O4. The van der Waals surface area contributed by atoms with Crippen LogP contribution in [-0.4, -0.2) is 58.7 Å². The summed E-state index contributed by atoms with van der Waals surface area (Å²) in [6.45, 7) is 1.26. The fraction of sp³-hybridized carbons (Fsp3) is 0.474. The summed E-state index contributed by atoms with van der Waals surface area (Å²) < 4.78 is 0. The first-order chi connectivity index (χ1) is 13.2. The summed E-state index contributed by atoms with van der Waals surface area (Å²) in [5, 5.41) is 5.78. The van der Waals surface area contributed by atoms with Crippen LogP contribution in [-0.2, 0) is 14.4 Å². The fourth-order valence-electron chi connectivity index (χ4n) is 3.79. The normalized spacial score (nSPS) is 18.9. The zero-order chi connectivity index (χ0) is 20.5. The lowest BCUT2D eigenvalue weighted by atomic mass is 9.97. The van der Waals surface area contributed by atoms with Crippen molar-refractivity contribution in [2.75, 3.05) is 18.9 Å². The standard InChI is InChI=1S/C19H23ClN4O4/c1-12(24-17(27)19(22-18(24)28)9-5-6-10-19)16(26)23(2)11-15(25)21-14-8-4-3-7-13(14)20/h3-4,7-8,12H,5-6,9-11H2,1-2H3,(H,21,25)(H,22,28). The van der Waals surface area contributed by atoms with Crippen molar-refractivity contribution in [2.45, 2.75) is 44.2 Å². The smallest absolute Gasteiger partial charge is 0.325 e. The van der Waals surface area contributed by atoms with Crippen LogP contribution in [0, 0.1) is 0 Å². The molecule has 1 aromatic rings. The van der Waals surface area contributed by atoms with Crippen LogP contribution in [0.1, 0.15) is 32.6 Å². The summed E-state index contributed by atoms with van der Waals surface area (Å²) in [6.07, 6.45) is 2.91. The van der Waals surface area contributed by atoms with Gasteiger partial charge < -0.3 is 15.5 Å². The molecule has 150 valence electrons. The Kier molecular flexibility index (Phi) is 5.60. The van der Waals surface area contributed by atoms with Gasteiger partial charge in [-0.1, -0.05) is 36.6 Å². The molecule has 3 rings (SSSR count). The molecule has 1 aliphatic carbocycles. The molecule has 1 spiro atoms. The van der Waals surface area contributed by atoms with E-state index in [1.165, 1.54) is 18.9 Å². The van der Waals surface area contributed by atoms with Crippen molar-refractivity contribution in [3.05, 3.63) is 29.3 Å². The Labute approximate surface area is 168 Å². The highest BCUT2D eigenvalue weighted by Gasteiger charge is 2.54. The number of para-hydroxylation sites is 1. The van der Waals surface area contributed by atoms with Gasteiger partial charge in [-0.05, 0) is 31.9 Å². The topological polar surface area (TPSA) is 98.8 Å². The number of urea groups is 1. The Morgan fingerprint density at radius 1 is 1.29 bits per heavy atom. The molecule has 1 aromatic carbocycles. The molecule has 1 aliphatic heterocycles. The number of anilines is 1. The van der Waals surface area contributed by atoms with Gasteiger partial charge in [-0.25, -0.2) is 9.69 Å². The maximum Gasteiger partial charge on any atom is 0.325 e. The van der Waals surface area contributed by atoms with Crippen LogP contribution in [0.5, 0.6) is 0 Å². The van der Waals surface area contributed by atoms with Gasteiger partial charge in [-0.15, -0.1) is 0 Å². The molecule has 0 radical (unpaired) electrons. The Bertz CT molecular complexity index is 822. The Morgan fingerprint density at radius 3 is 2.57 bits per heavy atom. The van der Waals surface area contributed by atoms with E-state index in [-0.39, 0.29) is 12.5 Å². The van der Waals surface area contributed by atoms with E-state index in [0.29, 0.717) is 23.6 Å². The number of hydrogen-bond acceptors (Lipinski definition) is 4. The molecule has 8 nitrogen and oxygen atoms in total. The van der Waals surface area contributed by atoms with Gasteiger partial charge in [0.25, 0.3) is 5.91 Å². The van der Waals surface area contributed by atoms with Crippen molar-refractivity contribution in [2.24, 2.45) is 0 Å². The molecule has 1 atom stereocenters. The van der Waals surface area contributed by atoms with E-state index in [1.807, 2.05) is 0 Å². The van der Waals surface area contributed by atoms with Crippen molar-refractivity contribution in [3.8, 4) is 0 Å². The van der Waals surface area contributed by atoms with Crippen LogP contribution < -0.4 is 10.6 Å². The molecule has 9 heteroatoms. The highest BCUT2D eigenvalue weighted by Crippen LogP contribution is 2.35. The predicted octanol–water partition coefficient (Wildman–Crippen LogP) is 1.99. The third-order valence-corrected chi connectivity index (χ3v) is 5.63. The van der Waals surface area contributed by atoms with E-state index in [1.54, 1.807) is 24.3 Å². The largest absolute Gasteiger partial charge is 0.335 e. The number of nitrogens with zero attached hydrogens (tertiary/aromatic N) is 2. The van der Waals surface area contributed by atoms with E-state index in [4.69, 9.17) is 11.6 Å². The number of likely N-dealkylation sites (N-methyl/N-ethyl adjacent to an activating group) is 1. The summed E-state index contributed by atoms with van der Waals surface area (Å²) in [4.78, 5) is 52.3. The van der Waals surface area contributed by atoms with E-state index >= 15 is 0 Å². The molecule has 1 saturated heterocycles. The third kappa shape index (κ3) is 3.69. The predicted molar refractivity (Wildman–Crippen MR) is 104 cm³/mol. The number of imide groups is 1. The van der Waals surface area contributed by atoms with Crippen LogP contribution in [0.25, 0.3) is 0 Å². The first-order valence-corrected chi connectivity index (χ1v) is 9.58. The summed E-state index contributed by atoms with van der Waals surface area (Å²) in [7, 11) is 1.45. The summed E-state index contributed by atoms with van der Waals surface area (Å²) in [5.41, 5.74) is -0.425. The van der Waals surface area contributed by atoms with E-state index in [9.17, 15) is 19.2 Å². The molecule has 1 heterocycles. The number of rotatable bonds is 5. The lowest BCUT2D eigenvalue weighted by Gasteiger charge is -2.27. The second kappa shape index (κ2) is 7.79. The minimum absolute atomic E-state index is 0.233. The number of amides is 5. The van der Waals surface area contributed by atoms with Gasteiger partial charge in [0.15, 0.2) is 0 Å². The first-order valence-electron chi connectivity index (χ1n) is 9.20. The molecule has 2 N–H and O–H groups in total. The number of benzene rings is 1. The maximum absolute atomic E-state index is 12.8. The third-order valence-electron chi connectivity index (χ3n) is 5.30. The monoisotopic (exact) mass is 406 g/mol. The minimum Gasteiger partial charge on any atom is -0.335 e. The van der Waals surface area contributed by atoms with E-state index < -0.39 is 29.4 Å². The van der Waals surface area contributed by atoms with Crippen LogP contribution in [0.15, 0.2) is 24.3 Å². The Balaban J connectivity index is 1.62. The average molecular weight is 407 g/mol. The molecule has 0 aromatic heterocycles. The summed E-state index contributed by atoms with van der Waals surface area (Å²) in [6, 6.07) is 5.22. The zero-order valence-corrected chi connectivity index (χ0v) is 16.6. The summed E-state index contributed by atoms with van der Waals surface area (Å²) >= 11 is 6.01. The van der Waals surface area contributed by atoms with Crippen molar-refractivity contribution in [3.63, 3.8) is 0 Å². The van der Waals surface area contributed by atoms with Gasteiger partial charge in [0, 0.05) is 7.05 Å². The van der Waals surface area contributed by atoms with Gasteiger partial charge in [0.05, 0.1) is 17.3 Å². The molecule has 2 aliphatic rings. The summed E-state index contributed by atoms with van der Waals surface area (Å²) in [5.74, 6) is -1.28. The number of halogens is 1. The van der Waals surface area contributed by atoms with Gasteiger partial charge >= 0.3 is 6.03 Å². The molecule has 1 saturated carbocycles. The minimum atomic E-state index is -0.995.